The fourth-order valence-electron chi connectivity index (χ4n) is 4.88. The van der Waals surface area contributed by atoms with Gasteiger partial charge in [-0.2, -0.15) is 0 Å². The number of methoxy groups -OCH3 is 1. The summed E-state index contributed by atoms with van der Waals surface area (Å²) in [5.41, 5.74) is 2.49. The molecule has 8 nitrogen and oxygen atoms in total. The lowest BCUT2D eigenvalue weighted by Gasteiger charge is -2.27. The van der Waals surface area contributed by atoms with Crippen molar-refractivity contribution in [2.24, 2.45) is 0 Å². The fraction of sp³-hybridized carbons (Fsp3) is 0.241. The number of ether oxygens (including phenoxy) is 3. The molecule has 1 amide bonds. The summed E-state index contributed by atoms with van der Waals surface area (Å²) in [6.45, 7) is 5.94. The van der Waals surface area contributed by atoms with E-state index in [1.54, 1.807) is 42.5 Å². The van der Waals surface area contributed by atoms with Gasteiger partial charge in [0, 0.05) is 24.3 Å². The SMILES string of the molecule is CCN(CC)c1ccc(C2/C(=C(/O)c3ccc4c(c3)OCO4)C(=O)C(=O)N2c2ccccc2OC)cc1. The van der Waals surface area contributed by atoms with Crippen LogP contribution in [0.25, 0.3) is 5.76 Å². The van der Waals surface area contributed by atoms with E-state index in [4.69, 9.17) is 14.2 Å². The molecule has 37 heavy (non-hydrogen) atoms. The quantitative estimate of drug-likeness (QED) is 0.281. The van der Waals surface area contributed by atoms with Gasteiger partial charge in [0.1, 0.15) is 11.5 Å². The summed E-state index contributed by atoms with van der Waals surface area (Å²) in [5, 5.41) is 11.4. The number of carbonyl (C=O) groups is 2. The lowest BCUT2D eigenvalue weighted by Crippen LogP contribution is -2.30. The zero-order chi connectivity index (χ0) is 26.1. The third kappa shape index (κ3) is 4.14. The second-order valence-electron chi connectivity index (χ2n) is 8.67. The van der Waals surface area contributed by atoms with E-state index in [1.165, 1.54) is 12.0 Å². The standard InChI is InChI=1S/C29H28N2O6/c1-4-30(5-2)20-13-10-18(11-14-20)26-25(27(32)19-12-15-23-24(16-19)37-17-36-23)28(33)29(34)31(26)21-8-6-7-9-22(21)35-3/h6-16,26,32H,4-5,17H2,1-3H3/b27-25-. The highest BCUT2D eigenvalue weighted by atomic mass is 16.7. The molecule has 5 rings (SSSR count). The minimum absolute atomic E-state index is 0.00893. The van der Waals surface area contributed by atoms with Crippen molar-refractivity contribution in [3.63, 3.8) is 0 Å². The number of hydrogen-bond acceptors (Lipinski definition) is 7. The van der Waals surface area contributed by atoms with E-state index < -0.39 is 17.7 Å². The molecule has 1 fully saturated rings. The van der Waals surface area contributed by atoms with Crippen molar-refractivity contribution in [1.82, 2.24) is 0 Å². The van der Waals surface area contributed by atoms with Crippen LogP contribution in [0.1, 0.15) is 31.0 Å². The predicted octanol–water partition coefficient (Wildman–Crippen LogP) is 4.90. The number of hydrogen-bond donors (Lipinski definition) is 1. The molecular weight excluding hydrogens is 472 g/mol. The number of carbonyl (C=O) groups excluding carboxylic acids is 2. The zero-order valence-corrected chi connectivity index (χ0v) is 20.9. The van der Waals surface area contributed by atoms with Crippen LogP contribution in [-0.4, -0.2) is 43.8 Å². The molecule has 2 heterocycles. The van der Waals surface area contributed by atoms with Crippen molar-refractivity contribution < 1.29 is 28.9 Å². The molecule has 0 radical (unpaired) electrons. The molecule has 0 bridgehead atoms. The number of aliphatic hydroxyl groups is 1. The van der Waals surface area contributed by atoms with Gasteiger partial charge in [-0.05, 0) is 61.9 Å². The smallest absolute Gasteiger partial charge is 0.300 e. The Morgan fingerprint density at radius 1 is 1.00 bits per heavy atom. The number of Topliss-reactive ketones (excluding diaryl/α,β-unsaturated/α-hetero) is 1. The molecule has 0 aromatic heterocycles. The first kappa shape index (κ1) is 24.2. The van der Waals surface area contributed by atoms with Gasteiger partial charge in [-0.25, -0.2) is 0 Å². The van der Waals surface area contributed by atoms with E-state index in [2.05, 4.69) is 18.7 Å². The highest BCUT2D eigenvalue weighted by Crippen LogP contribution is 2.46. The molecule has 8 heteroatoms. The number of para-hydroxylation sites is 2. The van der Waals surface area contributed by atoms with Gasteiger partial charge in [0.05, 0.1) is 24.4 Å². The number of amides is 1. The molecule has 1 unspecified atom stereocenters. The molecule has 3 aromatic carbocycles. The second kappa shape index (κ2) is 9.89. The molecule has 0 spiro atoms. The maximum Gasteiger partial charge on any atom is 0.300 e. The summed E-state index contributed by atoms with van der Waals surface area (Å²) < 4.78 is 16.3. The molecule has 3 aromatic rings. The summed E-state index contributed by atoms with van der Waals surface area (Å²) >= 11 is 0. The number of anilines is 2. The lowest BCUT2D eigenvalue weighted by atomic mass is 9.94. The Morgan fingerprint density at radius 2 is 1.70 bits per heavy atom. The first-order valence-corrected chi connectivity index (χ1v) is 12.2. The maximum atomic E-state index is 13.5. The van der Waals surface area contributed by atoms with Crippen LogP contribution in [0.15, 0.2) is 72.3 Å². The Morgan fingerprint density at radius 3 is 2.41 bits per heavy atom. The van der Waals surface area contributed by atoms with Crippen molar-refractivity contribution in [2.75, 3.05) is 36.8 Å². The Hall–Kier alpha value is -4.46. The number of fused-ring (bicyclic) bond motifs is 1. The normalized spacial score (nSPS) is 17.8. The fourth-order valence-corrected chi connectivity index (χ4v) is 4.88. The Bertz CT molecular complexity index is 1380. The van der Waals surface area contributed by atoms with Crippen LogP contribution in [0.5, 0.6) is 17.2 Å². The molecule has 0 aliphatic carbocycles. The number of rotatable bonds is 7. The van der Waals surface area contributed by atoms with E-state index in [-0.39, 0.29) is 18.1 Å². The third-order valence-corrected chi connectivity index (χ3v) is 6.77. The first-order valence-electron chi connectivity index (χ1n) is 12.2. The van der Waals surface area contributed by atoms with E-state index in [0.717, 1.165) is 18.8 Å². The van der Waals surface area contributed by atoms with Gasteiger partial charge < -0.3 is 24.2 Å². The molecule has 1 N–H and O–H groups in total. The van der Waals surface area contributed by atoms with Gasteiger partial charge in [0.25, 0.3) is 11.7 Å². The van der Waals surface area contributed by atoms with Crippen molar-refractivity contribution in [3.8, 4) is 17.2 Å². The molecule has 190 valence electrons. The van der Waals surface area contributed by atoms with Crippen LogP contribution in [0, 0.1) is 0 Å². The van der Waals surface area contributed by atoms with Crippen molar-refractivity contribution in [1.29, 1.82) is 0 Å². The van der Waals surface area contributed by atoms with Crippen LogP contribution in [-0.2, 0) is 9.59 Å². The summed E-state index contributed by atoms with van der Waals surface area (Å²) in [6.07, 6.45) is 0. The van der Waals surface area contributed by atoms with Crippen molar-refractivity contribution in [2.45, 2.75) is 19.9 Å². The van der Waals surface area contributed by atoms with Gasteiger partial charge in [0.15, 0.2) is 11.5 Å². The van der Waals surface area contributed by atoms with Gasteiger partial charge in [-0.3, -0.25) is 14.5 Å². The van der Waals surface area contributed by atoms with E-state index in [0.29, 0.717) is 34.1 Å². The topological polar surface area (TPSA) is 88.5 Å². The van der Waals surface area contributed by atoms with Gasteiger partial charge >= 0.3 is 0 Å². The second-order valence-corrected chi connectivity index (χ2v) is 8.67. The minimum Gasteiger partial charge on any atom is -0.507 e. The lowest BCUT2D eigenvalue weighted by molar-refractivity contribution is -0.132. The largest absolute Gasteiger partial charge is 0.507 e. The van der Waals surface area contributed by atoms with Crippen molar-refractivity contribution in [3.05, 3.63) is 83.4 Å². The van der Waals surface area contributed by atoms with Gasteiger partial charge in [0.2, 0.25) is 6.79 Å². The van der Waals surface area contributed by atoms with Crippen molar-refractivity contribution >= 4 is 28.8 Å². The zero-order valence-electron chi connectivity index (χ0n) is 20.9. The average Bonchev–Trinajstić information content (AvgIpc) is 3.51. The molecular formula is C29H28N2O6. The Labute approximate surface area is 215 Å². The van der Waals surface area contributed by atoms with Gasteiger partial charge in [-0.15, -0.1) is 0 Å². The molecule has 1 atom stereocenters. The summed E-state index contributed by atoms with van der Waals surface area (Å²) in [7, 11) is 1.51. The van der Waals surface area contributed by atoms with E-state index in [1.807, 2.05) is 24.3 Å². The van der Waals surface area contributed by atoms with Crippen LogP contribution >= 0.6 is 0 Å². The van der Waals surface area contributed by atoms with Crippen LogP contribution in [0.3, 0.4) is 0 Å². The van der Waals surface area contributed by atoms with E-state index >= 15 is 0 Å². The minimum atomic E-state index is -0.868. The Kier molecular flexibility index (Phi) is 6.48. The average molecular weight is 501 g/mol. The summed E-state index contributed by atoms with van der Waals surface area (Å²) in [6, 6.07) is 18.8. The third-order valence-electron chi connectivity index (χ3n) is 6.77. The molecule has 0 saturated carbocycles. The summed E-state index contributed by atoms with van der Waals surface area (Å²) in [5.74, 6) is -0.356. The maximum absolute atomic E-state index is 13.5. The Balaban J connectivity index is 1.68. The number of nitrogens with zero attached hydrogens (tertiary/aromatic N) is 2. The predicted molar refractivity (Wildman–Crippen MR) is 140 cm³/mol. The van der Waals surface area contributed by atoms with Crippen LogP contribution in [0.4, 0.5) is 11.4 Å². The van der Waals surface area contributed by atoms with Crippen LogP contribution < -0.4 is 24.0 Å². The number of benzene rings is 3. The van der Waals surface area contributed by atoms with E-state index in [9.17, 15) is 14.7 Å². The van der Waals surface area contributed by atoms with Gasteiger partial charge in [-0.1, -0.05) is 24.3 Å². The molecule has 2 aliphatic rings. The molecule has 1 saturated heterocycles. The summed E-state index contributed by atoms with van der Waals surface area (Å²) in [4.78, 5) is 30.6. The number of ketones is 1. The molecule has 2 aliphatic heterocycles. The first-order chi connectivity index (χ1) is 18.0. The monoisotopic (exact) mass is 500 g/mol. The van der Waals surface area contributed by atoms with Crippen LogP contribution in [0.2, 0.25) is 0 Å². The number of aliphatic hydroxyl groups excluding tert-OH is 1. The highest BCUT2D eigenvalue weighted by Gasteiger charge is 2.47. The highest BCUT2D eigenvalue weighted by molar-refractivity contribution is 6.52.